The van der Waals surface area contributed by atoms with Crippen LogP contribution in [0.5, 0.6) is 0 Å². The summed E-state index contributed by atoms with van der Waals surface area (Å²) in [7, 11) is 1.25. The van der Waals surface area contributed by atoms with Gasteiger partial charge in [0.05, 0.1) is 7.11 Å². The van der Waals surface area contributed by atoms with Gasteiger partial charge in [-0.15, -0.1) is 0 Å². The molecule has 0 aromatic carbocycles. The maximum Gasteiger partial charge on any atom is 0.334 e. The Bertz CT molecular complexity index is 252. The van der Waals surface area contributed by atoms with Gasteiger partial charge in [0, 0.05) is 6.21 Å². The van der Waals surface area contributed by atoms with Gasteiger partial charge in [0.2, 0.25) is 0 Å². The van der Waals surface area contributed by atoms with Crippen LogP contribution in [0.15, 0.2) is 17.1 Å². The zero-order chi connectivity index (χ0) is 9.19. The lowest BCUT2D eigenvalue weighted by molar-refractivity contribution is -0.142. The van der Waals surface area contributed by atoms with Crippen LogP contribution in [0.1, 0.15) is 0 Å². The van der Waals surface area contributed by atoms with Crippen LogP contribution in [0.4, 0.5) is 0 Å². The molecule has 0 aliphatic carbocycles. The Labute approximate surface area is 80.0 Å². The summed E-state index contributed by atoms with van der Waals surface area (Å²) in [5.74, 6) is -0.600. The third-order valence-electron chi connectivity index (χ3n) is 1.49. The van der Waals surface area contributed by atoms with Gasteiger partial charge in [0.25, 0.3) is 0 Å². The number of carbonyl (C=O) groups excluding carboxylic acids is 1. The Morgan fingerprint density at radius 2 is 2.42 bits per heavy atom. The summed E-state index contributed by atoms with van der Waals surface area (Å²) in [5.41, 5.74) is -0.809. The number of aliphatic imine (C=N–C) groups is 1. The van der Waals surface area contributed by atoms with Gasteiger partial charge in [-0.2, -0.15) is 0 Å². The Hall–Kier alpha value is -0.540. The Kier molecular flexibility index (Phi) is 2.75. The van der Waals surface area contributed by atoms with Crippen molar-refractivity contribution in [3.8, 4) is 0 Å². The van der Waals surface area contributed by atoms with E-state index in [0.29, 0.717) is 0 Å². The van der Waals surface area contributed by atoms with E-state index in [1.54, 1.807) is 6.08 Å². The standard InChI is InChI=1S/C7H7Cl2NO2/c1-12-6(11)7(9)3-2-4-10-5(7)8/h2-5H,1H3. The van der Waals surface area contributed by atoms with E-state index in [-0.39, 0.29) is 0 Å². The normalized spacial score (nSPS) is 33.4. The fourth-order valence-corrected chi connectivity index (χ4v) is 1.25. The summed E-state index contributed by atoms with van der Waals surface area (Å²) >= 11 is 11.6. The van der Waals surface area contributed by atoms with Gasteiger partial charge in [-0.05, 0) is 12.2 Å². The molecule has 3 nitrogen and oxygen atoms in total. The zero-order valence-electron chi connectivity index (χ0n) is 6.33. The topological polar surface area (TPSA) is 38.7 Å². The predicted molar refractivity (Wildman–Crippen MR) is 47.9 cm³/mol. The Morgan fingerprint density at radius 3 is 2.92 bits per heavy atom. The number of ether oxygens (including phenoxy) is 1. The molecule has 0 bridgehead atoms. The van der Waals surface area contributed by atoms with E-state index >= 15 is 0 Å². The molecule has 0 spiro atoms. The number of carbonyl (C=O) groups is 1. The first-order valence-corrected chi connectivity index (χ1v) is 4.05. The number of allylic oxidation sites excluding steroid dienone is 1. The van der Waals surface area contributed by atoms with E-state index in [9.17, 15) is 4.79 Å². The number of hydrogen-bond acceptors (Lipinski definition) is 3. The molecular formula is C7H7Cl2NO2. The minimum atomic E-state index is -1.36. The lowest BCUT2D eigenvalue weighted by atomic mass is 10.1. The summed E-state index contributed by atoms with van der Waals surface area (Å²) in [5, 5.41) is 0. The molecular weight excluding hydrogens is 201 g/mol. The highest BCUT2D eigenvalue weighted by molar-refractivity contribution is 6.42. The third kappa shape index (κ3) is 1.47. The molecule has 0 saturated heterocycles. The molecule has 1 aliphatic rings. The predicted octanol–water partition coefficient (Wildman–Crippen LogP) is 1.34. The first kappa shape index (κ1) is 9.55. The minimum Gasteiger partial charge on any atom is -0.467 e. The smallest absolute Gasteiger partial charge is 0.334 e. The van der Waals surface area contributed by atoms with Gasteiger partial charge in [0.15, 0.2) is 10.4 Å². The molecule has 2 unspecified atom stereocenters. The molecule has 12 heavy (non-hydrogen) atoms. The van der Waals surface area contributed by atoms with E-state index in [2.05, 4.69) is 9.73 Å². The van der Waals surface area contributed by atoms with Crippen LogP contribution in [0.3, 0.4) is 0 Å². The quantitative estimate of drug-likeness (QED) is 0.370. The van der Waals surface area contributed by atoms with Gasteiger partial charge in [-0.25, -0.2) is 4.79 Å². The van der Waals surface area contributed by atoms with Gasteiger partial charge in [-0.3, -0.25) is 4.99 Å². The molecule has 0 aromatic rings. The molecule has 0 N–H and O–H groups in total. The van der Waals surface area contributed by atoms with Crippen LogP contribution in [-0.2, 0) is 9.53 Å². The summed E-state index contributed by atoms with van der Waals surface area (Å²) in [6, 6.07) is 0. The van der Waals surface area contributed by atoms with Crippen molar-refractivity contribution in [3.63, 3.8) is 0 Å². The van der Waals surface area contributed by atoms with Crippen molar-refractivity contribution in [2.24, 2.45) is 4.99 Å². The van der Waals surface area contributed by atoms with Crippen LogP contribution >= 0.6 is 23.2 Å². The van der Waals surface area contributed by atoms with Crippen molar-refractivity contribution < 1.29 is 9.53 Å². The highest BCUT2D eigenvalue weighted by Crippen LogP contribution is 2.30. The number of rotatable bonds is 1. The van der Waals surface area contributed by atoms with Crippen molar-refractivity contribution in [1.82, 2.24) is 0 Å². The van der Waals surface area contributed by atoms with Gasteiger partial charge >= 0.3 is 5.97 Å². The number of esters is 1. The number of hydrogen-bond donors (Lipinski definition) is 0. The van der Waals surface area contributed by atoms with Crippen molar-refractivity contribution in [2.45, 2.75) is 10.4 Å². The second-order valence-corrected chi connectivity index (χ2v) is 3.29. The third-order valence-corrected chi connectivity index (χ3v) is 2.54. The van der Waals surface area contributed by atoms with Gasteiger partial charge in [0.1, 0.15) is 0 Å². The number of alkyl halides is 2. The minimum absolute atomic E-state index is 0.600. The molecule has 1 heterocycles. The molecule has 5 heteroatoms. The Balaban J connectivity index is 2.90. The first-order valence-electron chi connectivity index (χ1n) is 3.23. The maximum atomic E-state index is 11.1. The highest BCUT2D eigenvalue weighted by Gasteiger charge is 2.43. The van der Waals surface area contributed by atoms with E-state index in [4.69, 9.17) is 23.2 Å². The largest absolute Gasteiger partial charge is 0.467 e. The SMILES string of the molecule is COC(=O)C1(Cl)C=CC=NC1Cl. The molecule has 2 atom stereocenters. The number of dihydropyridines is 1. The summed E-state index contributed by atoms with van der Waals surface area (Å²) in [6.07, 6.45) is 4.51. The van der Waals surface area contributed by atoms with E-state index in [0.717, 1.165) is 0 Å². The summed E-state index contributed by atoms with van der Waals surface area (Å²) in [4.78, 5) is 13.6. The Morgan fingerprint density at radius 1 is 1.75 bits per heavy atom. The average molecular weight is 208 g/mol. The fraction of sp³-hybridized carbons (Fsp3) is 0.429. The van der Waals surface area contributed by atoms with Crippen LogP contribution in [0.25, 0.3) is 0 Å². The second-order valence-electron chi connectivity index (χ2n) is 2.25. The monoisotopic (exact) mass is 207 g/mol. The van der Waals surface area contributed by atoms with Crippen LogP contribution in [-0.4, -0.2) is 29.7 Å². The zero-order valence-corrected chi connectivity index (χ0v) is 7.84. The lowest BCUT2D eigenvalue weighted by Crippen LogP contribution is -2.41. The van der Waals surface area contributed by atoms with E-state index < -0.39 is 16.3 Å². The number of methoxy groups -OCH3 is 1. The van der Waals surface area contributed by atoms with Gasteiger partial charge < -0.3 is 4.74 Å². The molecule has 0 amide bonds. The molecule has 1 aliphatic heterocycles. The van der Waals surface area contributed by atoms with Crippen LogP contribution in [0.2, 0.25) is 0 Å². The molecule has 66 valence electrons. The molecule has 0 radical (unpaired) electrons. The van der Waals surface area contributed by atoms with Crippen molar-refractivity contribution in [1.29, 1.82) is 0 Å². The summed E-state index contributed by atoms with van der Waals surface area (Å²) < 4.78 is 4.48. The van der Waals surface area contributed by atoms with E-state index in [1.165, 1.54) is 19.4 Å². The number of nitrogens with zero attached hydrogens (tertiary/aromatic N) is 1. The summed E-state index contributed by atoms with van der Waals surface area (Å²) in [6.45, 7) is 0. The molecule has 0 saturated carbocycles. The highest BCUT2D eigenvalue weighted by atomic mass is 35.5. The van der Waals surface area contributed by atoms with Crippen molar-refractivity contribution >= 4 is 35.4 Å². The molecule has 0 fully saturated rings. The lowest BCUT2D eigenvalue weighted by Gasteiger charge is -2.24. The van der Waals surface area contributed by atoms with Crippen LogP contribution in [0, 0.1) is 0 Å². The van der Waals surface area contributed by atoms with Crippen molar-refractivity contribution in [3.05, 3.63) is 12.2 Å². The fourth-order valence-electron chi connectivity index (χ4n) is 0.818. The maximum absolute atomic E-state index is 11.1. The average Bonchev–Trinajstić information content (AvgIpc) is 2.09. The second kappa shape index (κ2) is 3.46. The van der Waals surface area contributed by atoms with Crippen molar-refractivity contribution in [2.75, 3.05) is 7.11 Å². The molecule has 1 rings (SSSR count). The number of halogens is 2. The van der Waals surface area contributed by atoms with Crippen LogP contribution < -0.4 is 0 Å². The van der Waals surface area contributed by atoms with E-state index in [1.807, 2.05) is 0 Å². The van der Waals surface area contributed by atoms with Gasteiger partial charge in [-0.1, -0.05) is 23.2 Å². The molecule has 0 aromatic heterocycles. The first-order chi connectivity index (χ1) is 5.61.